The smallest absolute Gasteiger partial charge is 0.0465 e. The Morgan fingerprint density at radius 1 is 0.682 bits per heavy atom. The summed E-state index contributed by atoms with van der Waals surface area (Å²) >= 11 is 0. The maximum atomic E-state index is 3.52. The molecule has 0 radical (unpaired) electrons. The van der Waals surface area contributed by atoms with Crippen molar-refractivity contribution in [1.29, 1.82) is 0 Å². The number of hydrogen-bond acceptors (Lipinski definition) is 0. The predicted molar refractivity (Wildman–Crippen MR) is 95.3 cm³/mol. The van der Waals surface area contributed by atoms with Crippen molar-refractivity contribution in [3.8, 4) is 11.1 Å². The van der Waals surface area contributed by atoms with Crippen LogP contribution in [0.3, 0.4) is 0 Å². The standard InChI is InChI=1S/C21H19N/c1-14(2)16-8-10-20-18(12-16)19-13-17(9-11-21(19)22-20)15-6-4-3-5-7-15/h3-14,22H,1-2H3. The summed E-state index contributed by atoms with van der Waals surface area (Å²) in [5.74, 6) is 0.548. The van der Waals surface area contributed by atoms with Crippen LogP contribution in [0.4, 0.5) is 0 Å². The van der Waals surface area contributed by atoms with Crippen LogP contribution < -0.4 is 0 Å². The van der Waals surface area contributed by atoms with E-state index in [2.05, 4.69) is 85.6 Å². The topological polar surface area (TPSA) is 15.8 Å². The fraction of sp³-hybridized carbons (Fsp3) is 0.143. The van der Waals surface area contributed by atoms with Gasteiger partial charge in [-0.25, -0.2) is 0 Å². The van der Waals surface area contributed by atoms with Gasteiger partial charge in [0.15, 0.2) is 0 Å². The number of benzene rings is 3. The zero-order valence-corrected chi connectivity index (χ0v) is 12.9. The van der Waals surface area contributed by atoms with Gasteiger partial charge < -0.3 is 4.98 Å². The Morgan fingerprint density at radius 3 is 2.09 bits per heavy atom. The highest BCUT2D eigenvalue weighted by Gasteiger charge is 2.08. The highest BCUT2D eigenvalue weighted by atomic mass is 14.7. The monoisotopic (exact) mass is 285 g/mol. The van der Waals surface area contributed by atoms with E-state index in [-0.39, 0.29) is 0 Å². The highest BCUT2D eigenvalue weighted by Crippen LogP contribution is 2.31. The molecular weight excluding hydrogens is 266 g/mol. The summed E-state index contributed by atoms with van der Waals surface area (Å²) in [6, 6.07) is 24.0. The molecule has 0 unspecified atom stereocenters. The fourth-order valence-corrected chi connectivity index (χ4v) is 3.08. The molecule has 0 aliphatic heterocycles. The lowest BCUT2D eigenvalue weighted by Crippen LogP contribution is -1.85. The van der Waals surface area contributed by atoms with Gasteiger partial charge in [-0.1, -0.05) is 56.3 Å². The second-order valence-corrected chi connectivity index (χ2v) is 6.21. The van der Waals surface area contributed by atoms with E-state index in [9.17, 15) is 0 Å². The summed E-state index contributed by atoms with van der Waals surface area (Å²) < 4.78 is 0. The van der Waals surface area contributed by atoms with Gasteiger partial charge in [0.2, 0.25) is 0 Å². The van der Waals surface area contributed by atoms with E-state index in [1.54, 1.807) is 0 Å². The zero-order valence-electron chi connectivity index (χ0n) is 12.9. The lowest BCUT2D eigenvalue weighted by molar-refractivity contribution is 0.869. The van der Waals surface area contributed by atoms with E-state index in [0.29, 0.717) is 5.92 Å². The largest absolute Gasteiger partial charge is 0.355 e. The Labute approximate surface area is 130 Å². The van der Waals surface area contributed by atoms with Gasteiger partial charge >= 0.3 is 0 Å². The molecule has 1 heteroatoms. The lowest BCUT2D eigenvalue weighted by atomic mass is 9.99. The van der Waals surface area contributed by atoms with E-state index < -0.39 is 0 Å². The van der Waals surface area contributed by atoms with Gasteiger partial charge in [0, 0.05) is 21.8 Å². The van der Waals surface area contributed by atoms with Crippen molar-refractivity contribution in [1.82, 2.24) is 4.98 Å². The molecule has 1 heterocycles. The molecule has 22 heavy (non-hydrogen) atoms. The van der Waals surface area contributed by atoms with Crippen LogP contribution in [-0.4, -0.2) is 4.98 Å². The third kappa shape index (κ3) is 2.10. The van der Waals surface area contributed by atoms with Crippen LogP contribution in [0.25, 0.3) is 32.9 Å². The molecule has 0 saturated heterocycles. The summed E-state index contributed by atoms with van der Waals surface area (Å²) in [6.07, 6.45) is 0. The molecule has 3 aromatic carbocycles. The van der Waals surface area contributed by atoms with Gasteiger partial charge in [0.1, 0.15) is 0 Å². The van der Waals surface area contributed by atoms with Crippen molar-refractivity contribution in [2.45, 2.75) is 19.8 Å². The quantitative estimate of drug-likeness (QED) is 0.457. The van der Waals surface area contributed by atoms with Crippen LogP contribution in [0.15, 0.2) is 66.7 Å². The second-order valence-electron chi connectivity index (χ2n) is 6.21. The summed E-state index contributed by atoms with van der Waals surface area (Å²) in [6.45, 7) is 4.48. The molecule has 1 N–H and O–H groups in total. The van der Waals surface area contributed by atoms with Crippen molar-refractivity contribution in [3.63, 3.8) is 0 Å². The molecule has 0 spiro atoms. The van der Waals surface area contributed by atoms with Crippen LogP contribution in [0.5, 0.6) is 0 Å². The van der Waals surface area contributed by atoms with Crippen LogP contribution in [-0.2, 0) is 0 Å². The third-order valence-corrected chi connectivity index (χ3v) is 4.40. The second kappa shape index (κ2) is 5.03. The van der Waals surface area contributed by atoms with Crippen molar-refractivity contribution in [2.24, 2.45) is 0 Å². The van der Waals surface area contributed by atoms with Crippen molar-refractivity contribution < 1.29 is 0 Å². The summed E-state index contributed by atoms with van der Waals surface area (Å²) in [5, 5.41) is 2.62. The predicted octanol–water partition coefficient (Wildman–Crippen LogP) is 6.11. The Kier molecular flexibility index (Phi) is 3.00. The molecule has 4 rings (SSSR count). The molecule has 0 fully saturated rings. The van der Waals surface area contributed by atoms with Crippen LogP contribution >= 0.6 is 0 Å². The molecular formula is C21H19N. The Bertz CT molecular complexity index is 946. The Balaban J connectivity index is 1.97. The van der Waals surface area contributed by atoms with Crippen LogP contribution in [0.1, 0.15) is 25.3 Å². The Morgan fingerprint density at radius 2 is 1.36 bits per heavy atom. The van der Waals surface area contributed by atoms with Crippen molar-refractivity contribution in [2.75, 3.05) is 0 Å². The van der Waals surface area contributed by atoms with Gasteiger partial charge in [0.05, 0.1) is 0 Å². The maximum absolute atomic E-state index is 3.52. The minimum absolute atomic E-state index is 0.548. The average molecular weight is 285 g/mol. The summed E-state index contributed by atoms with van der Waals surface area (Å²) in [4.78, 5) is 3.52. The summed E-state index contributed by atoms with van der Waals surface area (Å²) in [5.41, 5.74) is 6.33. The normalized spacial score (nSPS) is 11.6. The number of aromatic amines is 1. The highest BCUT2D eigenvalue weighted by molar-refractivity contribution is 6.08. The number of rotatable bonds is 2. The van der Waals surface area contributed by atoms with Gasteiger partial charge in [-0.05, 0) is 46.9 Å². The van der Waals surface area contributed by atoms with Gasteiger partial charge in [-0.15, -0.1) is 0 Å². The number of fused-ring (bicyclic) bond motifs is 3. The van der Waals surface area contributed by atoms with Crippen LogP contribution in [0, 0.1) is 0 Å². The molecule has 0 saturated carbocycles. The SMILES string of the molecule is CC(C)c1ccc2[nH]c3ccc(-c4ccccc4)cc3c2c1. The Hall–Kier alpha value is -2.54. The van der Waals surface area contributed by atoms with E-state index in [0.717, 1.165) is 0 Å². The molecule has 0 atom stereocenters. The van der Waals surface area contributed by atoms with Gasteiger partial charge in [-0.2, -0.15) is 0 Å². The number of aromatic nitrogens is 1. The molecule has 4 aromatic rings. The number of nitrogens with one attached hydrogen (secondary N) is 1. The minimum atomic E-state index is 0.548. The first-order chi connectivity index (χ1) is 10.7. The number of hydrogen-bond donors (Lipinski definition) is 1. The molecule has 0 aliphatic carbocycles. The van der Waals surface area contributed by atoms with E-state index in [1.165, 1.54) is 38.5 Å². The van der Waals surface area contributed by atoms with E-state index >= 15 is 0 Å². The first-order valence-electron chi connectivity index (χ1n) is 7.83. The van der Waals surface area contributed by atoms with Crippen molar-refractivity contribution in [3.05, 3.63) is 72.3 Å². The fourth-order valence-electron chi connectivity index (χ4n) is 3.08. The minimum Gasteiger partial charge on any atom is -0.355 e. The number of H-pyrrole nitrogens is 1. The first-order valence-corrected chi connectivity index (χ1v) is 7.83. The van der Waals surface area contributed by atoms with Gasteiger partial charge in [-0.3, -0.25) is 0 Å². The molecule has 1 aromatic heterocycles. The molecule has 0 bridgehead atoms. The lowest BCUT2D eigenvalue weighted by Gasteiger charge is -2.05. The molecule has 0 amide bonds. The molecule has 0 aliphatic rings. The first kappa shape index (κ1) is 13.1. The van der Waals surface area contributed by atoms with Gasteiger partial charge in [0.25, 0.3) is 0 Å². The van der Waals surface area contributed by atoms with E-state index in [4.69, 9.17) is 0 Å². The van der Waals surface area contributed by atoms with Crippen molar-refractivity contribution >= 4 is 21.8 Å². The van der Waals surface area contributed by atoms with Crippen LogP contribution in [0.2, 0.25) is 0 Å². The molecule has 1 nitrogen and oxygen atoms in total. The molecule has 108 valence electrons. The average Bonchev–Trinajstić information content (AvgIpc) is 2.92. The zero-order chi connectivity index (χ0) is 15.1. The third-order valence-electron chi connectivity index (χ3n) is 4.40. The maximum Gasteiger partial charge on any atom is 0.0465 e. The van der Waals surface area contributed by atoms with E-state index in [1.807, 2.05) is 0 Å². The summed E-state index contributed by atoms with van der Waals surface area (Å²) in [7, 11) is 0.